The fourth-order valence-corrected chi connectivity index (χ4v) is 0. The minimum atomic E-state index is -1.50. The van der Waals surface area contributed by atoms with Crippen LogP contribution in [0.25, 0.3) is 0 Å². The number of nitrogens with zero attached hydrogens (tertiary/aromatic N) is 1. The molecule has 31 valence electrons. The summed E-state index contributed by atoms with van der Waals surface area (Å²) in [5.74, 6) is 0. The van der Waals surface area contributed by atoms with Crippen molar-refractivity contribution in [2.75, 3.05) is 0 Å². The zero-order chi connectivity index (χ0) is 3.58. The molecule has 0 saturated carbocycles. The molecule has 0 aromatic heterocycles. The van der Waals surface area contributed by atoms with Gasteiger partial charge in [0.15, 0.2) is 0 Å². The van der Waals surface area contributed by atoms with Gasteiger partial charge in [-0.15, -0.1) is 10.1 Å². The molecule has 1 radical (unpaired) electrons. The summed E-state index contributed by atoms with van der Waals surface area (Å²) in [6, 6.07) is 0. The maximum Gasteiger partial charge on any atom is 0.291 e. The molecule has 0 aliphatic heterocycles. The SMILES string of the molecule is O=[N+]([O-])O.[Tc]. The number of hydrogen-bond donors (Lipinski definition) is 1. The molecule has 4 nitrogen and oxygen atoms in total. The van der Waals surface area contributed by atoms with Crippen molar-refractivity contribution < 1.29 is 30.4 Å². The zero-order valence-electron chi connectivity index (χ0n) is 2.09. The van der Waals surface area contributed by atoms with E-state index in [-0.39, 0.29) is 20.1 Å². The van der Waals surface area contributed by atoms with Crippen molar-refractivity contribution in [1.82, 2.24) is 0 Å². The first-order valence-corrected chi connectivity index (χ1v) is 0.565. The Labute approximate surface area is 41.3 Å². The van der Waals surface area contributed by atoms with Gasteiger partial charge < -0.3 is 5.21 Å². The zero-order valence-corrected chi connectivity index (χ0v) is 3.95. The second-order valence-corrected chi connectivity index (χ2v) is 0.238. The van der Waals surface area contributed by atoms with Crippen LogP contribution < -0.4 is 0 Å². The molecule has 5 heavy (non-hydrogen) atoms. The largest absolute Gasteiger partial charge is 0.328 e. The van der Waals surface area contributed by atoms with Gasteiger partial charge in [0.05, 0.1) is 0 Å². The smallest absolute Gasteiger partial charge is 0.291 e. The molecular weight excluding hydrogens is 160 g/mol. The molecule has 0 bridgehead atoms. The van der Waals surface area contributed by atoms with E-state index in [4.69, 9.17) is 15.3 Å². The van der Waals surface area contributed by atoms with E-state index in [2.05, 4.69) is 0 Å². The van der Waals surface area contributed by atoms with Gasteiger partial charge in [-0.2, -0.15) is 0 Å². The molecule has 0 aromatic rings. The third kappa shape index (κ3) is 580. The average molecular weight is 161 g/mol. The van der Waals surface area contributed by atoms with E-state index in [1.807, 2.05) is 0 Å². The number of hydrogen-bond acceptors (Lipinski definition) is 2. The summed E-state index contributed by atoms with van der Waals surface area (Å²) in [7, 11) is 0. The summed E-state index contributed by atoms with van der Waals surface area (Å²) in [6.45, 7) is 0. The van der Waals surface area contributed by atoms with Crippen LogP contribution in [0.3, 0.4) is 0 Å². The summed E-state index contributed by atoms with van der Waals surface area (Å²) in [5, 5.41) is 13.6. The van der Waals surface area contributed by atoms with Gasteiger partial charge in [0.1, 0.15) is 0 Å². The minimum Gasteiger partial charge on any atom is -0.328 e. The molecule has 0 heterocycles. The molecular formula is HNO3Tc. The maximum atomic E-state index is 8.36. The van der Waals surface area contributed by atoms with Gasteiger partial charge in [0, 0.05) is 20.1 Å². The predicted molar refractivity (Wildman–Crippen MR) is 8.78 cm³/mol. The van der Waals surface area contributed by atoms with E-state index >= 15 is 0 Å². The van der Waals surface area contributed by atoms with Crippen molar-refractivity contribution in [3.63, 3.8) is 0 Å². The van der Waals surface area contributed by atoms with Crippen LogP contribution in [-0.4, -0.2) is 10.3 Å². The van der Waals surface area contributed by atoms with Crippen molar-refractivity contribution in [3.05, 3.63) is 10.1 Å². The minimum absolute atomic E-state index is 0. The molecule has 0 atom stereocenters. The van der Waals surface area contributed by atoms with Crippen LogP contribution >= 0.6 is 0 Å². The Morgan fingerprint density at radius 2 is 1.80 bits per heavy atom. The average Bonchev–Trinajstić information content (AvgIpc) is 0.811. The summed E-state index contributed by atoms with van der Waals surface area (Å²) < 4.78 is 0. The van der Waals surface area contributed by atoms with Gasteiger partial charge in [0.25, 0.3) is 5.09 Å². The summed E-state index contributed by atoms with van der Waals surface area (Å²) in [6.07, 6.45) is 0. The van der Waals surface area contributed by atoms with Crippen LogP contribution in [0, 0.1) is 10.1 Å². The van der Waals surface area contributed by atoms with Gasteiger partial charge in [-0.25, -0.2) is 0 Å². The molecule has 0 unspecified atom stereocenters. The topological polar surface area (TPSA) is 63.4 Å². The Morgan fingerprint density at radius 1 is 1.80 bits per heavy atom. The summed E-state index contributed by atoms with van der Waals surface area (Å²) >= 11 is 0. The van der Waals surface area contributed by atoms with Crippen LogP contribution in [0.1, 0.15) is 0 Å². The van der Waals surface area contributed by atoms with Crippen molar-refractivity contribution >= 4 is 0 Å². The van der Waals surface area contributed by atoms with Gasteiger partial charge in [-0.05, 0) is 0 Å². The standard InChI is InChI=1S/HNO3.Tc/c2-1(3)4;/h(H,2,3,4);. The Hall–Kier alpha value is -0.151. The van der Waals surface area contributed by atoms with Crippen molar-refractivity contribution in [2.45, 2.75) is 0 Å². The van der Waals surface area contributed by atoms with E-state index in [1.54, 1.807) is 0 Å². The normalized spacial score (nSPS) is 4.80. The third-order valence-electron chi connectivity index (χ3n) is 0. The van der Waals surface area contributed by atoms with E-state index in [9.17, 15) is 0 Å². The molecule has 5 heteroatoms. The van der Waals surface area contributed by atoms with E-state index < -0.39 is 5.09 Å². The van der Waals surface area contributed by atoms with E-state index in [0.717, 1.165) is 0 Å². The first-order valence-electron chi connectivity index (χ1n) is 0.565. The molecule has 0 aliphatic carbocycles. The van der Waals surface area contributed by atoms with Gasteiger partial charge >= 0.3 is 0 Å². The molecule has 0 aromatic carbocycles. The first kappa shape index (κ1) is 8.85. The molecule has 0 amide bonds. The Morgan fingerprint density at radius 3 is 1.80 bits per heavy atom. The maximum absolute atomic E-state index is 8.36. The van der Waals surface area contributed by atoms with Crippen molar-refractivity contribution in [2.24, 2.45) is 0 Å². The molecule has 0 rings (SSSR count). The fraction of sp³-hybridized carbons (Fsp3) is 0. The van der Waals surface area contributed by atoms with E-state index in [0.29, 0.717) is 0 Å². The summed E-state index contributed by atoms with van der Waals surface area (Å²) in [4.78, 5) is 8.36. The van der Waals surface area contributed by atoms with Gasteiger partial charge in [0.2, 0.25) is 0 Å². The van der Waals surface area contributed by atoms with Crippen LogP contribution in [0.2, 0.25) is 0 Å². The predicted octanol–water partition coefficient (Wildman–Crippen LogP) is -0.350. The Bertz CT molecular complexity index is 29.9. The molecule has 0 saturated heterocycles. The van der Waals surface area contributed by atoms with Crippen molar-refractivity contribution in [1.29, 1.82) is 0 Å². The second kappa shape index (κ2) is 3.85. The number of rotatable bonds is 0. The summed E-state index contributed by atoms with van der Waals surface area (Å²) in [5.41, 5.74) is 0. The molecule has 0 fully saturated rings. The van der Waals surface area contributed by atoms with Gasteiger partial charge in [-0.1, -0.05) is 0 Å². The van der Waals surface area contributed by atoms with Gasteiger partial charge in [-0.3, -0.25) is 0 Å². The molecule has 0 aliphatic rings. The second-order valence-electron chi connectivity index (χ2n) is 0.238. The van der Waals surface area contributed by atoms with Crippen LogP contribution in [-0.2, 0) is 20.1 Å². The quantitative estimate of drug-likeness (QED) is 0.390. The Balaban J connectivity index is 0. The van der Waals surface area contributed by atoms with Crippen molar-refractivity contribution in [3.8, 4) is 0 Å². The van der Waals surface area contributed by atoms with Crippen LogP contribution in [0.5, 0.6) is 0 Å². The molecule has 1 N–H and O–H groups in total. The molecule has 0 spiro atoms. The third-order valence-corrected chi connectivity index (χ3v) is 0. The van der Waals surface area contributed by atoms with Crippen LogP contribution in [0.15, 0.2) is 0 Å². The van der Waals surface area contributed by atoms with E-state index in [1.165, 1.54) is 0 Å². The first-order chi connectivity index (χ1) is 1.73. The van der Waals surface area contributed by atoms with Crippen LogP contribution in [0.4, 0.5) is 0 Å². The fourth-order valence-electron chi connectivity index (χ4n) is 0. The Kier molecular flexibility index (Phi) is 6.81. The monoisotopic (exact) mass is 160 g/mol.